The number of aliphatic hydroxyl groups excluding tert-OH is 1. The van der Waals surface area contributed by atoms with Crippen LogP contribution in [0, 0.1) is 34.5 Å². The highest BCUT2D eigenvalue weighted by Crippen LogP contribution is 2.69. The molecule has 0 unspecified atom stereocenters. The van der Waals surface area contributed by atoms with Crippen molar-refractivity contribution < 1.29 is 14.6 Å². The molecule has 23 heavy (non-hydrogen) atoms. The number of aliphatic hydroxyl groups is 1. The van der Waals surface area contributed by atoms with Gasteiger partial charge >= 0.3 is 0 Å². The van der Waals surface area contributed by atoms with Gasteiger partial charge in [-0.1, -0.05) is 6.92 Å². The molecular formula is C20H32O3. The van der Waals surface area contributed by atoms with Gasteiger partial charge in [0.05, 0.1) is 12.7 Å². The molecule has 1 spiro atoms. The summed E-state index contributed by atoms with van der Waals surface area (Å²) in [6, 6.07) is 0. The quantitative estimate of drug-likeness (QED) is 0.800. The van der Waals surface area contributed by atoms with E-state index in [-0.39, 0.29) is 17.3 Å². The topological polar surface area (TPSA) is 38.7 Å². The van der Waals surface area contributed by atoms with Gasteiger partial charge in [-0.05, 0) is 74.0 Å². The Labute approximate surface area is 140 Å². The molecule has 2 bridgehead atoms. The molecule has 6 fully saturated rings. The highest BCUT2D eigenvalue weighted by Gasteiger charge is 2.65. The third kappa shape index (κ3) is 1.77. The van der Waals surface area contributed by atoms with E-state index in [1.165, 1.54) is 38.5 Å². The summed E-state index contributed by atoms with van der Waals surface area (Å²) < 4.78 is 12.1. The van der Waals surface area contributed by atoms with E-state index in [2.05, 4.69) is 6.92 Å². The summed E-state index contributed by atoms with van der Waals surface area (Å²) in [7, 11) is 1.83. The predicted molar refractivity (Wildman–Crippen MR) is 87.8 cm³/mol. The van der Waals surface area contributed by atoms with Crippen LogP contribution < -0.4 is 0 Å². The average Bonchev–Trinajstić information content (AvgIpc) is 2.90. The monoisotopic (exact) mass is 320 g/mol. The minimum absolute atomic E-state index is 0.0567. The van der Waals surface area contributed by atoms with Crippen LogP contribution in [0.2, 0.25) is 0 Å². The lowest BCUT2D eigenvalue weighted by Crippen LogP contribution is -2.64. The Morgan fingerprint density at radius 2 is 1.87 bits per heavy atom. The van der Waals surface area contributed by atoms with Crippen LogP contribution in [0.25, 0.3) is 0 Å². The van der Waals surface area contributed by atoms with Crippen LogP contribution in [-0.2, 0) is 9.47 Å². The molecule has 1 N–H and O–H groups in total. The van der Waals surface area contributed by atoms with Crippen LogP contribution in [-0.4, -0.2) is 30.7 Å². The first kappa shape index (κ1) is 15.2. The number of hydrogen-bond donors (Lipinski definition) is 1. The molecule has 2 aliphatic heterocycles. The fraction of sp³-hybridized carbons (Fsp3) is 1.00. The molecule has 0 radical (unpaired) electrons. The summed E-state index contributed by atoms with van der Waals surface area (Å²) >= 11 is 0. The van der Waals surface area contributed by atoms with Crippen molar-refractivity contribution in [3.63, 3.8) is 0 Å². The Bertz CT molecular complexity index is 495. The molecule has 3 heteroatoms. The molecular weight excluding hydrogens is 288 g/mol. The number of rotatable bonds is 1. The SMILES string of the molecule is CO[C@@]12CC[C@@]3(CO1)[C@@H](CC[C@H]1[C@@H]4CC[C@H](O)[C@@]4(C)CC[C@@H]13)C2. The first-order valence-corrected chi connectivity index (χ1v) is 9.90. The lowest BCUT2D eigenvalue weighted by Gasteiger charge is -2.66. The Morgan fingerprint density at radius 1 is 1.00 bits per heavy atom. The zero-order chi connectivity index (χ0) is 15.9. The van der Waals surface area contributed by atoms with Gasteiger partial charge in [-0.25, -0.2) is 0 Å². The standard InChI is InChI=1S/C20H32O3/c1-18-8-7-16-14(15(18)5-6-17(18)21)4-3-13-11-20(22-2)10-9-19(13,16)12-23-20/h13-17,21H,3-12H2,1-2H3/t13-,14-,15-,16-,17-,18-,19+,20-/m0/s1. The van der Waals surface area contributed by atoms with Crippen molar-refractivity contribution in [3.05, 3.63) is 0 Å². The number of ether oxygens (including phenoxy) is 2. The normalized spacial score (nSPS) is 60.9. The van der Waals surface area contributed by atoms with Crippen molar-refractivity contribution in [2.24, 2.45) is 34.5 Å². The van der Waals surface area contributed by atoms with E-state index in [9.17, 15) is 5.11 Å². The maximum Gasteiger partial charge on any atom is 0.168 e. The summed E-state index contributed by atoms with van der Waals surface area (Å²) in [6.07, 6.45) is 11.0. The van der Waals surface area contributed by atoms with Crippen LogP contribution >= 0.6 is 0 Å². The van der Waals surface area contributed by atoms with Gasteiger partial charge in [0.25, 0.3) is 0 Å². The fourth-order valence-corrected chi connectivity index (χ4v) is 7.89. The Hall–Kier alpha value is -0.120. The van der Waals surface area contributed by atoms with Gasteiger partial charge in [0.1, 0.15) is 0 Å². The van der Waals surface area contributed by atoms with Crippen LogP contribution in [0.15, 0.2) is 0 Å². The van der Waals surface area contributed by atoms with Crippen LogP contribution in [0.3, 0.4) is 0 Å². The van der Waals surface area contributed by atoms with Crippen LogP contribution in [0.1, 0.15) is 64.7 Å². The van der Waals surface area contributed by atoms with E-state index in [0.717, 1.165) is 49.5 Å². The van der Waals surface area contributed by atoms with Crippen LogP contribution in [0.4, 0.5) is 0 Å². The Morgan fingerprint density at radius 3 is 2.61 bits per heavy atom. The van der Waals surface area contributed by atoms with E-state index >= 15 is 0 Å². The molecule has 0 amide bonds. The minimum atomic E-state index is -0.258. The molecule has 0 aromatic heterocycles. The Balaban J connectivity index is 1.47. The lowest BCUT2D eigenvalue weighted by atomic mass is 9.43. The fourth-order valence-electron chi connectivity index (χ4n) is 7.89. The summed E-state index contributed by atoms with van der Waals surface area (Å²) in [5, 5.41) is 10.6. The molecule has 130 valence electrons. The third-order valence-electron chi connectivity index (χ3n) is 9.29. The van der Waals surface area contributed by atoms with Crippen molar-refractivity contribution in [2.75, 3.05) is 13.7 Å². The maximum atomic E-state index is 10.6. The molecule has 6 rings (SSSR count). The second kappa shape index (κ2) is 4.74. The van der Waals surface area contributed by atoms with Gasteiger partial charge < -0.3 is 14.6 Å². The van der Waals surface area contributed by atoms with Crippen molar-refractivity contribution >= 4 is 0 Å². The molecule has 2 heterocycles. The first-order chi connectivity index (χ1) is 11.0. The third-order valence-corrected chi connectivity index (χ3v) is 9.29. The number of methoxy groups -OCH3 is 1. The van der Waals surface area contributed by atoms with E-state index in [1.54, 1.807) is 0 Å². The highest BCUT2D eigenvalue weighted by molar-refractivity contribution is 5.12. The van der Waals surface area contributed by atoms with E-state index in [1.807, 2.05) is 7.11 Å². The lowest BCUT2D eigenvalue weighted by molar-refractivity contribution is -0.342. The highest BCUT2D eigenvalue weighted by atomic mass is 16.7. The molecule has 3 nitrogen and oxygen atoms in total. The average molecular weight is 320 g/mol. The zero-order valence-electron chi connectivity index (χ0n) is 14.7. The van der Waals surface area contributed by atoms with E-state index in [4.69, 9.17) is 9.47 Å². The van der Waals surface area contributed by atoms with Gasteiger partial charge in [-0.15, -0.1) is 0 Å². The smallest absolute Gasteiger partial charge is 0.168 e. The van der Waals surface area contributed by atoms with Gasteiger partial charge in [0.2, 0.25) is 0 Å². The Kier molecular flexibility index (Phi) is 3.12. The second-order valence-electron chi connectivity index (χ2n) is 9.63. The zero-order valence-corrected chi connectivity index (χ0v) is 14.7. The summed E-state index contributed by atoms with van der Waals surface area (Å²) in [5.74, 6) is 2.97. The minimum Gasteiger partial charge on any atom is -0.393 e. The van der Waals surface area contributed by atoms with E-state index < -0.39 is 0 Å². The van der Waals surface area contributed by atoms with Crippen molar-refractivity contribution in [2.45, 2.75) is 76.6 Å². The van der Waals surface area contributed by atoms with Crippen molar-refractivity contribution in [1.82, 2.24) is 0 Å². The second-order valence-corrected chi connectivity index (χ2v) is 9.63. The molecule has 8 atom stereocenters. The van der Waals surface area contributed by atoms with Crippen molar-refractivity contribution in [3.8, 4) is 0 Å². The number of hydrogen-bond acceptors (Lipinski definition) is 3. The van der Waals surface area contributed by atoms with Crippen LogP contribution in [0.5, 0.6) is 0 Å². The summed E-state index contributed by atoms with van der Waals surface area (Å²) in [6.45, 7) is 3.31. The van der Waals surface area contributed by atoms with Crippen molar-refractivity contribution in [1.29, 1.82) is 0 Å². The van der Waals surface area contributed by atoms with Gasteiger partial charge in [-0.3, -0.25) is 0 Å². The summed E-state index contributed by atoms with van der Waals surface area (Å²) in [4.78, 5) is 0. The molecule has 6 aliphatic rings. The first-order valence-electron chi connectivity index (χ1n) is 9.90. The van der Waals surface area contributed by atoms with Gasteiger partial charge in [0.15, 0.2) is 5.79 Å². The molecule has 4 aliphatic carbocycles. The molecule has 2 saturated heterocycles. The predicted octanol–water partition coefficient (Wildman–Crippen LogP) is 3.74. The molecule has 0 aromatic rings. The van der Waals surface area contributed by atoms with Gasteiger partial charge in [0, 0.05) is 25.4 Å². The molecule has 0 aromatic carbocycles. The largest absolute Gasteiger partial charge is 0.393 e. The van der Waals surface area contributed by atoms with E-state index in [0.29, 0.717) is 5.41 Å². The summed E-state index contributed by atoms with van der Waals surface area (Å²) in [5.41, 5.74) is 0.628. The molecule has 4 saturated carbocycles. The number of fused-ring (bicyclic) bond motifs is 5. The van der Waals surface area contributed by atoms with Gasteiger partial charge in [-0.2, -0.15) is 0 Å². The maximum absolute atomic E-state index is 10.6.